The van der Waals surface area contributed by atoms with Gasteiger partial charge in [-0.2, -0.15) is 0 Å². The van der Waals surface area contributed by atoms with Crippen molar-refractivity contribution in [3.8, 4) is 5.88 Å². The smallest absolute Gasteiger partial charge is 0.218 e. The largest absolute Gasteiger partial charge is 0.478 e. The molecule has 1 aliphatic rings. The van der Waals surface area contributed by atoms with Crippen LogP contribution in [0.2, 0.25) is 0 Å². The Morgan fingerprint density at radius 2 is 2.12 bits per heavy atom. The minimum Gasteiger partial charge on any atom is -0.478 e. The summed E-state index contributed by atoms with van der Waals surface area (Å²) in [5, 5.41) is 3.16. The second kappa shape index (κ2) is 8.86. The molecule has 1 aromatic heterocycles. The summed E-state index contributed by atoms with van der Waals surface area (Å²) in [5.74, 6) is 1.01. The number of aryl methyl sites for hydroxylation is 2. The van der Waals surface area contributed by atoms with Gasteiger partial charge in [-0.1, -0.05) is 12.1 Å². The zero-order valence-electron chi connectivity index (χ0n) is 13.8. The lowest BCUT2D eigenvalue weighted by molar-refractivity contribution is 0.323. The Balaban J connectivity index is 0.00000208. The number of rotatable bonds is 5. The van der Waals surface area contributed by atoms with Crippen LogP contribution in [-0.4, -0.2) is 17.6 Å². The maximum Gasteiger partial charge on any atom is 0.218 e. The van der Waals surface area contributed by atoms with Gasteiger partial charge in [0.1, 0.15) is 0 Å². The van der Waals surface area contributed by atoms with Crippen molar-refractivity contribution in [3.63, 3.8) is 0 Å². The van der Waals surface area contributed by atoms with Crippen molar-refractivity contribution in [2.24, 2.45) is 10.7 Å². The maximum atomic E-state index is 6.00. The lowest BCUT2D eigenvalue weighted by atomic mass is 10.1. The molecule has 1 aliphatic carbocycles. The number of benzene rings is 1. The van der Waals surface area contributed by atoms with E-state index >= 15 is 0 Å². The Bertz CT molecular complexity index is 718. The number of nitrogens with two attached hydrogens (primary N) is 1. The van der Waals surface area contributed by atoms with E-state index in [1.165, 1.54) is 24.0 Å². The van der Waals surface area contributed by atoms with E-state index in [0.717, 1.165) is 17.7 Å². The van der Waals surface area contributed by atoms with E-state index in [1.807, 2.05) is 19.1 Å². The van der Waals surface area contributed by atoms with E-state index in [4.69, 9.17) is 10.5 Å². The van der Waals surface area contributed by atoms with Crippen molar-refractivity contribution in [1.29, 1.82) is 0 Å². The van der Waals surface area contributed by atoms with Gasteiger partial charge >= 0.3 is 0 Å². The van der Waals surface area contributed by atoms with E-state index in [1.54, 1.807) is 6.20 Å². The normalized spacial score (nSPS) is 13.1. The molecule has 0 spiro atoms. The highest BCUT2D eigenvalue weighted by Gasteiger charge is 2.11. The van der Waals surface area contributed by atoms with Crippen LogP contribution in [0.3, 0.4) is 0 Å². The van der Waals surface area contributed by atoms with Crippen LogP contribution in [0.25, 0.3) is 0 Å². The molecule has 6 heteroatoms. The Morgan fingerprint density at radius 1 is 1.29 bits per heavy atom. The van der Waals surface area contributed by atoms with Gasteiger partial charge in [0.2, 0.25) is 5.88 Å². The lowest BCUT2D eigenvalue weighted by Crippen LogP contribution is -2.22. The third-order valence-electron chi connectivity index (χ3n) is 3.92. The minimum absolute atomic E-state index is 0. The predicted molar refractivity (Wildman–Crippen MR) is 108 cm³/mol. The van der Waals surface area contributed by atoms with Gasteiger partial charge in [-0.15, -0.1) is 24.0 Å². The molecule has 0 fully saturated rings. The number of anilines is 1. The van der Waals surface area contributed by atoms with Crippen LogP contribution < -0.4 is 15.8 Å². The predicted octanol–water partition coefficient (Wildman–Crippen LogP) is 3.51. The van der Waals surface area contributed by atoms with Crippen LogP contribution >= 0.6 is 24.0 Å². The molecular formula is C18H23IN4O. The first kappa shape index (κ1) is 18.5. The molecule has 2 aromatic rings. The summed E-state index contributed by atoms with van der Waals surface area (Å²) in [6.45, 7) is 2.95. The van der Waals surface area contributed by atoms with Gasteiger partial charge in [0.25, 0.3) is 0 Å². The first-order valence-corrected chi connectivity index (χ1v) is 8.01. The molecule has 0 amide bonds. The number of pyridine rings is 1. The van der Waals surface area contributed by atoms with Crippen LogP contribution in [0.4, 0.5) is 5.69 Å². The number of halogens is 1. The molecule has 1 heterocycles. The zero-order chi connectivity index (χ0) is 16.1. The van der Waals surface area contributed by atoms with Gasteiger partial charge in [0, 0.05) is 17.4 Å². The molecular weight excluding hydrogens is 415 g/mol. The number of hydrogen-bond acceptors (Lipinski definition) is 3. The number of fused-ring (bicyclic) bond motifs is 1. The lowest BCUT2D eigenvalue weighted by Gasteiger charge is -2.09. The molecule has 0 radical (unpaired) electrons. The molecule has 0 bridgehead atoms. The summed E-state index contributed by atoms with van der Waals surface area (Å²) < 4.78 is 5.50. The van der Waals surface area contributed by atoms with Crippen LogP contribution in [0, 0.1) is 0 Å². The fraction of sp³-hybridized carbons (Fsp3) is 0.333. The highest BCUT2D eigenvalue weighted by Crippen LogP contribution is 2.24. The Labute approximate surface area is 159 Å². The van der Waals surface area contributed by atoms with Crippen molar-refractivity contribution in [2.45, 2.75) is 32.7 Å². The first-order chi connectivity index (χ1) is 11.3. The highest BCUT2D eigenvalue weighted by atomic mass is 127. The van der Waals surface area contributed by atoms with Gasteiger partial charge in [-0.25, -0.2) is 9.98 Å². The third-order valence-corrected chi connectivity index (χ3v) is 3.92. The third kappa shape index (κ3) is 4.59. The molecule has 1 aromatic carbocycles. The van der Waals surface area contributed by atoms with Gasteiger partial charge in [0.15, 0.2) is 5.96 Å². The summed E-state index contributed by atoms with van der Waals surface area (Å²) in [5.41, 5.74) is 10.8. The number of aliphatic imine (C=N–C) groups is 1. The van der Waals surface area contributed by atoms with Gasteiger partial charge in [-0.3, -0.25) is 0 Å². The van der Waals surface area contributed by atoms with Gasteiger partial charge in [-0.05, 0) is 55.5 Å². The summed E-state index contributed by atoms with van der Waals surface area (Å²) in [6.07, 6.45) is 5.28. The molecule has 0 saturated carbocycles. The van der Waals surface area contributed by atoms with Crippen LogP contribution in [0.5, 0.6) is 5.88 Å². The van der Waals surface area contributed by atoms with Crippen molar-refractivity contribution < 1.29 is 4.74 Å². The summed E-state index contributed by atoms with van der Waals surface area (Å²) in [4.78, 5) is 8.61. The molecule has 0 unspecified atom stereocenters. The number of aromatic nitrogens is 1. The average Bonchev–Trinajstić information content (AvgIpc) is 3.02. The van der Waals surface area contributed by atoms with E-state index < -0.39 is 0 Å². The second-order valence-corrected chi connectivity index (χ2v) is 5.56. The summed E-state index contributed by atoms with van der Waals surface area (Å²) in [6, 6.07) is 10.2. The fourth-order valence-electron chi connectivity index (χ4n) is 2.82. The standard InChI is InChI=1S/C18H22N4O.HI/c1-2-23-17-15(7-4-10-20-17)12-21-18(19)22-16-9-8-13-5-3-6-14(13)11-16;/h4,7-11H,2-3,5-6,12H2,1H3,(H3,19,21,22);1H. The zero-order valence-corrected chi connectivity index (χ0v) is 16.1. The average molecular weight is 438 g/mol. The number of ether oxygens (including phenoxy) is 1. The van der Waals surface area contributed by atoms with Crippen LogP contribution in [0.1, 0.15) is 30.0 Å². The molecule has 0 atom stereocenters. The first-order valence-electron chi connectivity index (χ1n) is 8.01. The van der Waals surface area contributed by atoms with Gasteiger partial charge in [0.05, 0.1) is 13.2 Å². The topological polar surface area (TPSA) is 72.5 Å². The Morgan fingerprint density at radius 3 is 2.96 bits per heavy atom. The molecule has 0 saturated heterocycles. The van der Waals surface area contributed by atoms with Crippen molar-refractivity contribution in [2.75, 3.05) is 11.9 Å². The number of hydrogen-bond donors (Lipinski definition) is 2. The second-order valence-electron chi connectivity index (χ2n) is 5.56. The van der Waals surface area contributed by atoms with Crippen LogP contribution in [-0.2, 0) is 19.4 Å². The number of nitrogens with one attached hydrogen (secondary N) is 1. The summed E-state index contributed by atoms with van der Waals surface area (Å²) in [7, 11) is 0. The fourth-order valence-corrected chi connectivity index (χ4v) is 2.82. The molecule has 3 rings (SSSR count). The monoisotopic (exact) mass is 438 g/mol. The highest BCUT2D eigenvalue weighted by molar-refractivity contribution is 14.0. The Hall–Kier alpha value is -1.83. The Kier molecular flexibility index (Phi) is 6.84. The van der Waals surface area contributed by atoms with Crippen molar-refractivity contribution in [1.82, 2.24) is 4.98 Å². The SMILES string of the molecule is CCOc1ncccc1CN=C(N)Nc1ccc2c(c1)CCC2.I. The van der Waals surface area contributed by atoms with E-state index in [2.05, 4.69) is 33.5 Å². The van der Waals surface area contributed by atoms with Crippen molar-refractivity contribution in [3.05, 3.63) is 53.2 Å². The number of nitrogens with zero attached hydrogens (tertiary/aromatic N) is 2. The number of guanidine groups is 1. The molecule has 5 nitrogen and oxygen atoms in total. The molecule has 0 aliphatic heterocycles. The quantitative estimate of drug-likeness (QED) is 0.426. The van der Waals surface area contributed by atoms with Gasteiger partial charge < -0.3 is 15.8 Å². The van der Waals surface area contributed by atoms with E-state index in [0.29, 0.717) is 25.0 Å². The summed E-state index contributed by atoms with van der Waals surface area (Å²) >= 11 is 0. The van der Waals surface area contributed by atoms with E-state index in [9.17, 15) is 0 Å². The van der Waals surface area contributed by atoms with E-state index in [-0.39, 0.29) is 24.0 Å². The molecule has 24 heavy (non-hydrogen) atoms. The molecule has 128 valence electrons. The maximum absolute atomic E-state index is 6.00. The molecule has 3 N–H and O–H groups in total. The van der Waals surface area contributed by atoms with Crippen molar-refractivity contribution >= 4 is 35.6 Å². The van der Waals surface area contributed by atoms with Crippen LogP contribution in [0.15, 0.2) is 41.5 Å². The minimum atomic E-state index is 0.